The highest BCUT2D eigenvalue weighted by Gasteiger charge is 2.31. The summed E-state index contributed by atoms with van der Waals surface area (Å²) < 4.78 is 0. The largest absolute Gasteiger partial charge is 0.324 e. The van der Waals surface area contributed by atoms with Crippen LogP contribution in [-0.4, -0.2) is 5.71 Å². The highest BCUT2D eigenvalue weighted by molar-refractivity contribution is 5.95. The van der Waals surface area contributed by atoms with Crippen molar-refractivity contribution in [2.24, 2.45) is 22.7 Å². The molecule has 1 aromatic rings. The van der Waals surface area contributed by atoms with Crippen molar-refractivity contribution in [3.8, 4) is 6.07 Å². The lowest BCUT2D eigenvalue weighted by Gasteiger charge is -2.24. The fourth-order valence-electron chi connectivity index (χ4n) is 2.37. The van der Waals surface area contributed by atoms with E-state index in [0.717, 1.165) is 17.0 Å². The lowest BCUT2D eigenvalue weighted by atomic mass is 9.84. The smallest absolute Gasteiger partial charge is 0.195 e. The molecule has 1 aliphatic heterocycles. The second kappa shape index (κ2) is 5.56. The molecule has 5 heteroatoms. The SMILES string of the molecule is [C-]#[N+]C1=C(c2cccc(NN)c2)N=C(C)C(C#N)[C@H]1C. The molecular formula is C15H15N5. The van der Waals surface area contributed by atoms with Crippen LogP contribution in [0.5, 0.6) is 0 Å². The molecular weight excluding hydrogens is 250 g/mol. The Bertz CT molecular complexity index is 672. The molecule has 3 N–H and O–H groups in total. The summed E-state index contributed by atoms with van der Waals surface area (Å²) in [7, 11) is 0. The number of nitrogen functional groups attached to an aromatic ring is 1. The first-order valence-corrected chi connectivity index (χ1v) is 6.25. The average molecular weight is 265 g/mol. The number of hydrogen-bond acceptors (Lipinski definition) is 4. The summed E-state index contributed by atoms with van der Waals surface area (Å²) in [5, 5.41) is 9.20. The van der Waals surface area contributed by atoms with E-state index < -0.39 is 0 Å². The summed E-state index contributed by atoms with van der Waals surface area (Å²) in [6.07, 6.45) is 0. The van der Waals surface area contributed by atoms with E-state index in [9.17, 15) is 5.26 Å². The van der Waals surface area contributed by atoms with Gasteiger partial charge in [0.25, 0.3) is 0 Å². The monoisotopic (exact) mass is 265 g/mol. The van der Waals surface area contributed by atoms with Crippen molar-refractivity contribution in [3.05, 3.63) is 46.9 Å². The van der Waals surface area contributed by atoms with E-state index in [1.165, 1.54) is 0 Å². The van der Waals surface area contributed by atoms with Crippen molar-refractivity contribution < 1.29 is 0 Å². The maximum Gasteiger partial charge on any atom is 0.195 e. The molecule has 1 unspecified atom stereocenters. The van der Waals surface area contributed by atoms with Gasteiger partial charge in [-0.05, 0) is 24.6 Å². The third-order valence-electron chi connectivity index (χ3n) is 3.47. The van der Waals surface area contributed by atoms with Gasteiger partial charge < -0.3 is 5.43 Å². The molecule has 0 bridgehead atoms. The van der Waals surface area contributed by atoms with Crippen LogP contribution in [0.3, 0.4) is 0 Å². The molecule has 20 heavy (non-hydrogen) atoms. The quantitative estimate of drug-likeness (QED) is 0.490. The summed E-state index contributed by atoms with van der Waals surface area (Å²) in [5.74, 6) is 4.92. The second-order valence-corrected chi connectivity index (χ2v) is 4.72. The van der Waals surface area contributed by atoms with Crippen LogP contribution >= 0.6 is 0 Å². The van der Waals surface area contributed by atoms with Crippen LogP contribution in [0.25, 0.3) is 10.5 Å². The molecule has 1 aromatic carbocycles. The molecule has 5 nitrogen and oxygen atoms in total. The van der Waals surface area contributed by atoms with E-state index >= 15 is 0 Å². The van der Waals surface area contributed by atoms with Crippen LogP contribution in [0.15, 0.2) is 35.0 Å². The fourth-order valence-corrected chi connectivity index (χ4v) is 2.37. The molecule has 100 valence electrons. The molecule has 0 saturated carbocycles. The van der Waals surface area contributed by atoms with Crippen LogP contribution in [-0.2, 0) is 0 Å². The Morgan fingerprint density at radius 1 is 1.50 bits per heavy atom. The van der Waals surface area contributed by atoms with Gasteiger partial charge in [0.05, 0.1) is 24.3 Å². The van der Waals surface area contributed by atoms with E-state index in [-0.39, 0.29) is 11.8 Å². The minimum absolute atomic E-state index is 0.153. The van der Waals surface area contributed by atoms with Gasteiger partial charge in [0.15, 0.2) is 5.70 Å². The van der Waals surface area contributed by atoms with E-state index in [0.29, 0.717) is 11.4 Å². The first kappa shape index (κ1) is 13.8. The summed E-state index contributed by atoms with van der Waals surface area (Å²) in [6.45, 7) is 11.1. The van der Waals surface area contributed by atoms with Crippen molar-refractivity contribution in [3.63, 3.8) is 0 Å². The van der Waals surface area contributed by atoms with Gasteiger partial charge in [-0.15, -0.1) is 0 Å². The number of anilines is 1. The first-order chi connectivity index (χ1) is 9.62. The summed E-state index contributed by atoms with van der Waals surface area (Å²) in [4.78, 5) is 8.07. The number of nitrogens with two attached hydrogens (primary N) is 1. The maximum absolute atomic E-state index is 9.20. The average Bonchev–Trinajstić information content (AvgIpc) is 2.47. The molecule has 0 radical (unpaired) electrons. The second-order valence-electron chi connectivity index (χ2n) is 4.72. The van der Waals surface area contributed by atoms with Gasteiger partial charge in [-0.3, -0.25) is 10.8 Å². The standard InChI is InChI=1S/C15H15N5/c1-9-13(8-16)10(2)19-15(14(9)18-3)11-5-4-6-12(7-11)20-17/h4-7,9,13,20H,17H2,1-2H3/t9-,13?/m1/s1. The minimum Gasteiger partial charge on any atom is -0.324 e. The van der Waals surface area contributed by atoms with Crippen molar-refractivity contribution in [2.45, 2.75) is 13.8 Å². The Morgan fingerprint density at radius 2 is 2.25 bits per heavy atom. The number of benzene rings is 1. The van der Waals surface area contributed by atoms with E-state index in [1.54, 1.807) is 0 Å². The predicted octanol–water partition coefficient (Wildman–Crippen LogP) is 2.81. The van der Waals surface area contributed by atoms with E-state index in [2.05, 4.69) is 21.3 Å². The van der Waals surface area contributed by atoms with Gasteiger partial charge in [0.2, 0.25) is 0 Å². The van der Waals surface area contributed by atoms with Gasteiger partial charge in [0.1, 0.15) is 0 Å². The molecule has 0 spiro atoms. The predicted molar refractivity (Wildman–Crippen MR) is 79.2 cm³/mol. The van der Waals surface area contributed by atoms with Crippen LogP contribution in [0.2, 0.25) is 0 Å². The van der Waals surface area contributed by atoms with Crippen molar-refractivity contribution in [1.29, 1.82) is 5.26 Å². The van der Waals surface area contributed by atoms with Crippen molar-refractivity contribution in [2.75, 3.05) is 5.43 Å². The number of nitriles is 1. The third-order valence-corrected chi connectivity index (χ3v) is 3.47. The topological polar surface area (TPSA) is 78.6 Å². The fraction of sp³-hybridized carbons (Fsp3) is 0.267. The van der Waals surface area contributed by atoms with E-state index in [1.807, 2.05) is 38.1 Å². The highest BCUT2D eigenvalue weighted by Crippen LogP contribution is 2.36. The van der Waals surface area contributed by atoms with Gasteiger partial charge in [-0.25, -0.2) is 4.85 Å². The number of allylic oxidation sites excluding steroid dienone is 1. The maximum atomic E-state index is 9.20. The lowest BCUT2D eigenvalue weighted by molar-refractivity contribution is 0.618. The van der Waals surface area contributed by atoms with Crippen LogP contribution in [0.1, 0.15) is 19.4 Å². The molecule has 1 aliphatic rings. The molecule has 0 amide bonds. The van der Waals surface area contributed by atoms with Gasteiger partial charge in [-0.2, -0.15) is 5.26 Å². The number of nitrogens with one attached hydrogen (secondary N) is 1. The molecule has 1 heterocycles. The van der Waals surface area contributed by atoms with Crippen molar-refractivity contribution >= 4 is 17.1 Å². The summed E-state index contributed by atoms with van der Waals surface area (Å²) >= 11 is 0. The van der Waals surface area contributed by atoms with Gasteiger partial charge in [0, 0.05) is 17.3 Å². The van der Waals surface area contributed by atoms with Crippen LogP contribution in [0, 0.1) is 29.7 Å². The number of hydrazine groups is 1. The normalized spacial score (nSPS) is 21.8. The number of hydrogen-bond donors (Lipinski definition) is 2. The third kappa shape index (κ3) is 2.27. The zero-order valence-corrected chi connectivity index (χ0v) is 11.4. The van der Waals surface area contributed by atoms with Crippen LogP contribution < -0.4 is 11.3 Å². The first-order valence-electron chi connectivity index (χ1n) is 6.25. The molecule has 0 aromatic heterocycles. The number of aliphatic imine (C=N–C) groups is 1. The zero-order valence-electron chi connectivity index (χ0n) is 11.4. The minimum atomic E-state index is -0.335. The lowest BCUT2D eigenvalue weighted by Crippen LogP contribution is -2.23. The molecule has 2 atom stereocenters. The molecule has 2 rings (SSSR count). The Labute approximate surface area is 118 Å². The Morgan fingerprint density at radius 3 is 2.85 bits per heavy atom. The molecule has 0 saturated heterocycles. The Kier molecular flexibility index (Phi) is 3.84. The van der Waals surface area contributed by atoms with Crippen LogP contribution in [0.4, 0.5) is 5.69 Å². The summed E-state index contributed by atoms with van der Waals surface area (Å²) in [5.41, 5.74) is 6.06. The summed E-state index contributed by atoms with van der Waals surface area (Å²) in [6, 6.07) is 9.64. The number of rotatable bonds is 2. The number of nitrogens with zero attached hydrogens (tertiary/aromatic N) is 3. The Hall–Kier alpha value is -2.63. The molecule has 0 fully saturated rings. The Balaban J connectivity index is 2.59. The highest BCUT2D eigenvalue weighted by atomic mass is 15.2. The van der Waals surface area contributed by atoms with Crippen molar-refractivity contribution in [1.82, 2.24) is 0 Å². The van der Waals surface area contributed by atoms with Gasteiger partial charge in [-0.1, -0.05) is 19.1 Å². The van der Waals surface area contributed by atoms with Gasteiger partial charge >= 0.3 is 0 Å². The van der Waals surface area contributed by atoms with E-state index in [4.69, 9.17) is 12.4 Å². The zero-order chi connectivity index (χ0) is 14.7. The molecule has 0 aliphatic carbocycles.